The average Bonchev–Trinajstić information content (AvgIpc) is 2.44. The molecule has 0 aromatic heterocycles. The average molecular weight is 313 g/mol. The van der Waals surface area contributed by atoms with Gasteiger partial charge in [-0.25, -0.2) is 0 Å². The summed E-state index contributed by atoms with van der Waals surface area (Å²) in [5, 5.41) is 4.10. The first-order chi connectivity index (χ1) is 9.56. The monoisotopic (exact) mass is 312 g/mol. The van der Waals surface area contributed by atoms with Crippen LogP contribution in [0, 0.1) is 0 Å². The summed E-state index contributed by atoms with van der Waals surface area (Å²) >= 11 is 12.1. The Bertz CT molecular complexity index is 633. The SMILES string of the molecule is COc1cc(OC)c(Nc2cccc(Cl)c2N)cc1Cl. The molecule has 3 N–H and O–H groups in total. The first-order valence-corrected chi connectivity index (χ1v) is 6.55. The van der Waals surface area contributed by atoms with Crippen LogP contribution in [0.5, 0.6) is 11.5 Å². The summed E-state index contributed by atoms with van der Waals surface area (Å²) in [5.41, 5.74) is 7.74. The Hall–Kier alpha value is -1.78. The number of halogens is 2. The van der Waals surface area contributed by atoms with E-state index in [2.05, 4.69) is 5.32 Å². The molecule has 2 aromatic rings. The molecule has 0 saturated heterocycles. The molecule has 20 heavy (non-hydrogen) atoms. The van der Waals surface area contributed by atoms with E-state index in [1.54, 1.807) is 38.5 Å². The van der Waals surface area contributed by atoms with E-state index in [4.69, 9.17) is 38.4 Å². The lowest BCUT2D eigenvalue weighted by atomic mass is 10.2. The molecule has 0 heterocycles. The molecule has 0 spiro atoms. The van der Waals surface area contributed by atoms with Gasteiger partial charge in [0.25, 0.3) is 0 Å². The van der Waals surface area contributed by atoms with E-state index in [-0.39, 0.29) is 0 Å². The van der Waals surface area contributed by atoms with E-state index in [1.807, 2.05) is 6.07 Å². The lowest BCUT2D eigenvalue weighted by Crippen LogP contribution is -1.99. The van der Waals surface area contributed by atoms with Crippen LogP contribution in [0.1, 0.15) is 0 Å². The van der Waals surface area contributed by atoms with E-state index in [0.29, 0.717) is 38.6 Å². The third-order valence-corrected chi connectivity index (χ3v) is 3.42. The topological polar surface area (TPSA) is 56.5 Å². The molecule has 2 aromatic carbocycles. The minimum Gasteiger partial charge on any atom is -0.495 e. The van der Waals surface area contributed by atoms with E-state index in [0.717, 1.165) is 0 Å². The van der Waals surface area contributed by atoms with Crippen LogP contribution < -0.4 is 20.5 Å². The minimum atomic E-state index is 0.461. The van der Waals surface area contributed by atoms with Gasteiger partial charge >= 0.3 is 0 Å². The van der Waals surface area contributed by atoms with Crippen LogP contribution in [-0.4, -0.2) is 14.2 Å². The third kappa shape index (κ3) is 2.86. The van der Waals surface area contributed by atoms with E-state index < -0.39 is 0 Å². The molecule has 0 unspecified atom stereocenters. The van der Waals surface area contributed by atoms with Crippen LogP contribution in [0.4, 0.5) is 17.1 Å². The highest BCUT2D eigenvalue weighted by molar-refractivity contribution is 6.34. The number of ether oxygens (including phenoxy) is 2. The lowest BCUT2D eigenvalue weighted by Gasteiger charge is -2.15. The predicted octanol–water partition coefficient (Wildman–Crippen LogP) is 4.34. The maximum atomic E-state index is 6.12. The van der Waals surface area contributed by atoms with Gasteiger partial charge in [0.2, 0.25) is 0 Å². The smallest absolute Gasteiger partial charge is 0.146 e. The van der Waals surface area contributed by atoms with Gasteiger partial charge in [0.05, 0.1) is 41.3 Å². The van der Waals surface area contributed by atoms with Crippen molar-refractivity contribution in [2.45, 2.75) is 0 Å². The van der Waals surface area contributed by atoms with Gasteiger partial charge in [-0.2, -0.15) is 0 Å². The van der Waals surface area contributed by atoms with E-state index in [9.17, 15) is 0 Å². The Morgan fingerprint density at radius 3 is 2.30 bits per heavy atom. The van der Waals surface area contributed by atoms with Crippen molar-refractivity contribution >= 4 is 40.3 Å². The molecule has 0 fully saturated rings. The largest absolute Gasteiger partial charge is 0.495 e. The summed E-state index contributed by atoms with van der Waals surface area (Å²) < 4.78 is 10.5. The number of hydrogen-bond acceptors (Lipinski definition) is 4. The summed E-state index contributed by atoms with van der Waals surface area (Å²) in [6.07, 6.45) is 0. The maximum absolute atomic E-state index is 6.12. The van der Waals surface area contributed by atoms with Gasteiger partial charge in [-0.05, 0) is 18.2 Å². The minimum absolute atomic E-state index is 0.461. The Morgan fingerprint density at radius 1 is 0.950 bits per heavy atom. The molecule has 0 saturated carbocycles. The molecule has 0 bridgehead atoms. The first kappa shape index (κ1) is 14.6. The highest BCUT2D eigenvalue weighted by Crippen LogP contribution is 2.39. The second-order valence-corrected chi connectivity index (χ2v) is 4.83. The van der Waals surface area contributed by atoms with Crippen molar-refractivity contribution in [1.29, 1.82) is 0 Å². The van der Waals surface area contributed by atoms with Gasteiger partial charge in [0.15, 0.2) is 0 Å². The Morgan fingerprint density at radius 2 is 1.65 bits per heavy atom. The van der Waals surface area contributed by atoms with Gasteiger partial charge in [0, 0.05) is 6.07 Å². The molecule has 6 heteroatoms. The van der Waals surface area contributed by atoms with Crippen LogP contribution in [0.25, 0.3) is 0 Å². The highest BCUT2D eigenvalue weighted by atomic mass is 35.5. The number of nitrogen functional groups attached to an aromatic ring is 1. The van der Waals surface area contributed by atoms with Gasteiger partial charge in [-0.3, -0.25) is 0 Å². The van der Waals surface area contributed by atoms with Gasteiger partial charge in [0.1, 0.15) is 11.5 Å². The van der Waals surface area contributed by atoms with Gasteiger partial charge in [-0.15, -0.1) is 0 Å². The van der Waals surface area contributed by atoms with Crippen molar-refractivity contribution < 1.29 is 9.47 Å². The summed E-state index contributed by atoms with van der Waals surface area (Å²) in [6, 6.07) is 8.75. The fraction of sp³-hybridized carbons (Fsp3) is 0.143. The van der Waals surface area contributed by atoms with Crippen LogP contribution in [0.15, 0.2) is 30.3 Å². The third-order valence-electron chi connectivity index (χ3n) is 2.80. The van der Waals surface area contributed by atoms with Crippen LogP contribution in [0.2, 0.25) is 10.0 Å². The number of nitrogens with one attached hydrogen (secondary N) is 1. The normalized spacial score (nSPS) is 10.2. The molecule has 4 nitrogen and oxygen atoms in total. The Labute approximate surface area is 127 Å². The fourth-order valence-electron chi connectivity index (χ4n) is 1.75. The zero-order valence-electron chi connectivity index (χ0n) is 11.0. The summed E-state index contributed by atoms with van der Waals surface area (Å²) in [4.78, 5) is 0. The van der Waals surface area contributed by atoms with Crippen LogP contribution >= 0.6 is 23.2 Å². The van der Waals surface area contributed by atoms with E-state index >= 15 is 0 Å². The zero-order chi connectivity index (χ0) is 14.7. The number of hydrogen-bond donors (Lipinski definition) is 2. The number of para-hydroxylation sites is 1. The van der Waals surface area contributed by atoms with Crippen molar-refractivity contribution in [2.75, 3.05) is 25.3 Å². The van der Waals surface area contributed by atoms with Crippen LogP contribution in [-0.2, 0) is 0 Å². The molecule has 106 valence electrons. The van der Waals surface area contributed by atoms with Crippen LogP contribution in [0.3, 0.4) is 0 Å². The van der Waals surface area contributed by atoms with Gasteiger partial charge < -0.3 is 20.5 Å². The molecule has 0 aliphatic carbocycles. The van der Waals surface area contributed by atoms with E-state index in [1.165, 1.54) is 0 Å². The molecule has 0 aliphatic rings. The molecular formula is C14H14Cl2N2O2. The summed E-state index contributed by atoms with van der Waals surface area (Å²) in [6.45, 7) is 0. The number of nitrogens with two attached hydrogens (primary N) is 1. The van der Waals surface area contributed by atoms with Crippen molar-refractivity contribution in [3.63, 3.8) is 0 Å². The quantitative estimate of drug-likeness (QED) is 0.825. The number of benzene rings is 2. The molecule has 0 amide bonds. The van der Waals surface area contributed by atoms with Gasteiger partial charge in [-0.1, -0.05) is 29.3 Å². The molecule has 0 aliphatic heterocycles. The number of methoxy groups -OCH3 is 2. The standard InChI is InChI=1S/C14H14Cl2N2O2/c1-19-12-7-13(20-2)11(6-9(12)16)18-10-5-3-4-8(15)14(10)17/h3-7,18H,17H2,1-2H3. The molecule has 0 atom stereocenters. The number of anilines is 3. The predicted molar refractivity (Wildman–Crippen MR) is 83.7 cm³/mol. The zero-order valence-corrected chi connectivity index (χ0v) is 12.5. The Kier molecular flexibility index (Phi) is 4.47. The lowest BCUT2D eigenvalue weighted by molar-refractivity contribution is 0.396. The number of rotatable bonds is 4. The summed E-state index contributed by atoms with van der Waals surface area (Å²) in [5.74, 6) is 1.12. The second-order valence-electron chi connectivity index (χ2n) is 4.01. The highest BCUT2D eigenvalue weighted by Gasteiger charge is 2.11. The van der Waals surface area contributed by atoms with Crippen molar-refractivity contribution in [3.05, 3.63) is 40.4 Å². The van der Waals surface area contributed by atoms with Crippen molar-refractivity contribution in [1.82, 2.24) is 0 Å². The van der Waals surface area contributed by atoms with Crippen molar-refractivity contribution in [3.8, 4) is 11.5 Å². The fourth-order valence-corrected chi connectivity index (χ4v) is 2.16. The maximum Gasteiger partial charge on any atom is 0.146 e. The molecule has 0 radical (unpaired) electrons. The Balaban J connectivity index is 2.42. The molecular weight excluding hydrogens is 299 g/mol. The second kappa shape index (κ2) is 6.11. The molecule has 2 rings (SSSR count). The van der Waals surface area contributed by atoms with Crippen molar-refractivity contribution in [2.24, 2.45) is 0 Å². The summed E-state index contributed by atoms with van der Waals surface area (Å²) in [7, 11) is 3.11. The first-order valence-electron chi connectivity index (χ1n) is 5.79.